The molecule has 0 spiro atoms. The second kappa shape index (κ2) is 6.26. The molecule has 1 saturated heterocycles. The molecule has 108 valence electrons. The van der Waals surface area contributed by atoms with Crippen molar-refractivity contribution in [3.8, 4) is 0 Å². The molecule has 0 bridgehead atoms. The minimum absolute atomic E-state index is 0.0905. The third-order valence-corrected chi connectivity index (χ3v) is 5.54. The zero-order valence-corrected chi connectivity index (χ0v) is 14.2. The fourth-order valence-electron chi connectivity index (χ4n) is 2.28. The zero-order chi connectivity index (χ0) is 14.9. The molecular weight excluding hydrogens is 340 g/mol. The normalized spacial score (nSPS) is 18.7. The monoisotopic (exact) mass is 356 g/mol. The lowest BCUT2D eigenvalue weighted by Crippen LogP contribution is -2.26. The molecule has 1 aromatic heterocycles. The van der Waals surface area contributed by atoms with E-state index in [9.17, 15) is 9.59 Å². The summed E-state index contributed by atoms with van der Waals surface area (Å²) in [4.78, 5) is 29.3. The van der Waals surface area contributed by atoms with E-state index in [0.717, 1.165) is 15.7 Å². The quantitative estimate of drug-likeness (QED) is 0.834. The Morgan fingerprint density at radius 3 is 2.85 bits per heavy atom. The van der Waals surface area contributed by atoms with Gasteiger partial charge in [0.25, 0.3) is 0 Å². The highest BCUT2D eigenvalue weighted by atomic mass is 79.9. The average molecular weight is 357 g/mol. The highest BCUT2D eigenvalue weighted by molar-refractivity contribution is 9.10. The summed E-state index contributed by atoms with van der Waals surface area (Å²) in [5, 5.41) is 0.101. The van der Waals surface area contributed by atoms with Crippen molar-refractivity contribution < 1.29 is 9.59 Å². The lowest BCUT2D eigenvalue weighted by molar-refractivity contribution is -0.117. The van der Waals surface area contributed by atoms with Crippen LogP contribution in [0.3, 0.4) is 0 Å². The molecular formula is C14H17BrN2O2S. The average Bonchev–Trinajstić information content (AvgIpc) is 2.74. The van der Waals surface area contributed by atoms with Crippen molar-refractivity contribution in [2.75, 3.05) is 17.2 Å². The number of anilines is 1. The van der Waals surface area contributed by atoms with E-state index in [1.807, 2.05) is 19.9 Å². The van der Waals surface area contributed by atoms with Gasteiger partial charge in [0, 0.05) is 30.1 Å². The maximum Gasteiger partial charge on any atom is 0.228 e. The van der Waals surface area contributed by atoms with Gasteiger partial charge in [-0.1, -0.05) is 11.8 Å². The molecule has 20 heavy (non-hydrogen) atoms. The van der Waals surface area contributed by atoms with Gasteiger partial charge in [-0.2, -0.15) is 0 Å². The van der Waals surface area contributed by atoms with Crippen LogP contribution in [0, 0.1) is 19.8 Å². The minimum Gasteiger partial charge on any atom is -0.296 e. The van der Waals surface area contributed by atoms with Gasteiger partial charge in [0.05, 0.1) is 5.69 Å². The van der Waals surface area contributed by atoms with Crippen molar-refractivity contribution in [2.24, 2.45) is 5.92 Å². The van der Waals surface area contributed by atoms with Gasteiger partial charge >= 0.3 is 0 Å². The van der Waals surface area contributed by atoms with Crippen molar-refractivity contribution in [3.05, 3.63) is 21.8 Å². The van der Waals surface area contributed by atoms with Crippen LogP contribution >= 0.6 is 27.7 Å². The van der Waals surface area contributed by atoms with Crippen LogP contribution in [-0.2, 0) is 9.59 Å². The molecule has 0 N–H and O–H groups in total. The van der Waals surface area contributed by atoms with Crippen LogP contribution < -0.4 is 4.90 Å². The van der Waals surface area contributed by atoms with Gasteiger partial charge in [-0.05, 0) is 47.3 Å². The number of rotatable bonds is 3. The summed E-state index contributed by atoms with van der Waals surface area (Å²) in [6.45, 7) is 6.12. The predicted molar refractivity (Wildman–Crippen MR) is 85.0 cm³/mol. The molecule has 1 unspecified atom stereocenters. The van der Waals surface area contributed by atoms with Crippen molar-refractivity contribution in [2.45, 2.75) is 27.2 Å². The van der Waals surface area contributed by atoms with Crippen LogP contribution in [0.4, 0.5) is 5.82 Å². The van der Waals surface area contributed by atoms with Gasteiger partial charge in [-0.3, -0.25) is 14.5 Å². The molecule has 1 aliphatic heterocycles. The van der Waals surface area contributed by atoms with Gasteiger partial charge in [-0.25, -0.2) is 4.98 Å². The maximum atomic E-state index is 12.1. The molecule has 6 heteroatoms. The number of nitrogens with zero attached hydrogens (tertiary/aromatic N) is 2. The number of aryl methyl sites for hydroxylation is 2. The zero-order valence-electron chi connectivity index (χ0n) is 11.8. The molecule has 0 aromatic carbocycles. The number of carbonyl (C=O) groups excluding carboxylic acids is 2. The minimum atomic E-state index is 0.0905. The molecule has 1 atom stereocenters. The van der Waals surface area contributed by atoms with E-state index in [4.69, 9.17) is 0 Å². The van der Waals surface area contributed by atoms with E-state index in [-0.39, 0.29) is 16.9 Å². The largest absolute Gasteiger partial charge is 0.296 e. The lowest BCUT2D eigenvalue weighted by Gasteiger charge is -2.17. The number of aromatic nitrogens is 1. The van der Waals surface area contributed by atoms with E-state index in [0.29, 0.717) is 24.5 Å². The van der Waals surface area contributed by atoms with Crippen molar-refractivity contribution in [3.63, 3.8) is 0 Å². The lowest BCUT2D eigenvalue weighted by atomic mass is 10.1. The Bertz CT molecular complexity index is 539. The van der Waals surface area contributed by atoms with Crippen LogP contribution in [0.25, 0.3) is 0 Å². The molecule has 1 aromatic rings. The molecule has 1 amide bonds. The van der Waals surface area contributed by atoms with E-state index >= 15 is 0 Å². The van der Waals surface area contributed by atoms with Crippen LogP contribution in [0.15, 0.2) is 10.5 Å². The highest BCUT2D eigenvalue weighted by Gasteiger charge is 2.31. The number of pyridine rings is 1. The third kappa shape index (κ3) is 3.41. The molecule has 0 radical (unpaired) electrons. The summed E-state index contributed by atoms with van der Waals surface area (Å²) < 4.78 is 0.983. The van der Waals surface area contributed by atoms with Gasteiger partial charge in [0.2, 0.25) is 5.91 Å². The smallest absolute Gasteiger partial charge is 0.228 e. The second-order valence-electron chi connectivity index (χ2n) is 5.07. The topological polar surface area (TPSA) is 50.3 Å². The molecule has 2 heterocycles. The van der Waals surface area contributed by atoms with Crippen LogP contribution in [0.2, 0.25) is 0 Å². The van der Waals surface area contributed by atoms with Gasteiger partial charge < -0.3 is 0 Å². The van der Waals surface area contributed by atoms with Crippen molar-refractivity contribution in [1.82, 2.24) is 4.98 Å². The van der Waals surface area contributed by atoms with E-state index < -0.39 is 0 Å². The number of halogens is 1. The number of hydrogen-bond donors (Lipinski definition) is 0. The van der Waals surface area contributed by atoms with Gasteiger partial charge in [-0.15, -0.1) is 0 Å². The van der Waals surface area contributed by atoms with Gasteiger partial charge in [0.15, 0.2) is 5.12 Å². The molecule has 4 nitrogen and oxygen atoms in total. The molecule has 1 fully saturated rings. The van der Waals surface area contributed by atoms with E-state index in [1.165, 1.54) is 11.8 Å². The molecule has 2 rings (SSSR count). The Morgan fingerprint density at radius 1 is 1.55 bits per heavy atom. The van der Waals surface area contributed by atoms with Crippen LogP contribution in [0.1, 0.15) is 24.6 Å². The summed E-state index contributed by atoms with van der Waals surface area (Å²) in [5.41, 5.74) is 1.95. The first-order chi connectivity index (χ1) is 9.38. The summed E-state index contributed by atoms with van der Waals surface area (Å²) in [7, 11) is 0. The van der Waals surface area contributed by atoms with Crippen LogP contribution in [0.5, 0.6) is 0 Å². The SMILES string of the molecule is CC(=O)SCC1CC(=O)N(c2cc(C)c(Br)c(C)n2)C1. The summed E-state index contributed by atoms with van der Waals surface area (Å²) >= 11 is 4.77. The first-order valence-electron chi connectivity index (χ1n) is 6.46. The third-order valence-electron chi connectivity index (χ3n) is 3.30. The Morgan fingerprint density at radius 2 is 2.25 bits per heavy atom. The fraction of sp³-hybridized carbons (Fsp3) is 0.500. The van der Waals surface area contributed by atoms with E-state index in [2.05, 4.69) is 20.9 Å². The fourth-order valence-corrected chi connectivity index (χ4v) is 3.18. The summed E-state index contributed by atoms with van der Waals surface area (Å²) in [6, 6.07) is 1.93. The number of thioether (sulfide) groups is 1. The van der Waals surface area contributed by atoms with Crippen LogP contribution in [-0.4, -0.2) is 28.3 Å². The number of carbonyl (C=O) groups is 2. The summed E-state index contributed by atoms with van der Waals surface area (Å²) in [5.74, 6) is 1.73. The molecule has 0 saturated carbocycles. The molecule has 0 aliphatic carbocycles. The Balaban J connectivity index is 2.14. The Labute approximate surface area is 131 Å². The standard InChI is InChI=1S/C14H17BrN2O2S/c1-8-4-12(16-9(2)14(8)15)17-6-11(5-13(17)19)7-20-10(3)18/h4,11H,5-7H2,1-3H3. The first-order valence-corrected chi connectivity index (χ1v) is 8.23. The number of amides is 1. The highest BCUT2D eigenvalue weighted by Crippen LogP contribution is 2.29. The van der Waals surface area contributed by atoms with E-state index in [1.54, 1.807) is 11.8 Å². The predicted octanol–water partition coefficient (Wildman–Crippen LogP) is 3.09. The summed E-state index contributed by atoms with van der Waals surface area (Å²) in [6.07, 6.45) is 0.496. The Hall–Kier alpha value is -0.880. The Kier molecular flexibility index (Phi) is 4.86. The maximum absolute atomic E-state index is 12.1. The van der Waals surface area contributed by atoms with Gasteiger partial charge in [0.1, 0.15) is 5.82 Å². The van der Waals surface area contributed by atoms with Crippen molar-refractivity contribution in [1.29, 1.82) is 0 Å². The molecule has 1 aliphatic rings. The number of hydrogen-bond acceptors (Lipinski definition) is 4. The first kappa shape index (κ1) is 15.5. The second-order valence-corrected chi connectivity index (χ2v) is 7.06. The van der Waals surface area contributed by atoms with Crippen molar-refractivity contribution >= 4 is 44.5 Å².